The third kappa shape index (κ3) is 3.24. The fourth-order valence-electron chi connectivity index (χ4n) is 2.28. The molecule has 15 heavy (non-hydrogen) atoms. The van der Waals surface area contributed by atoms with Gasteiger partial charge < -0.3 is 0 Å². The van der Waals surface area contributed by atoms with Gasteiger partial charge in [0.25, 0.3) is 0 Å². The maximum atomic E-state index is 6.10. The van der Waals surface area contributed by atoms with E-state index in [2.05, 4.69) is 52.8 Å². The minimum atomic E-state index is 0.164. The topological polar surface area (TPSA) is 0 Å². The number of aryl methyl sites for hydroxylation is 2. The monoisotopic (exact) mass is 224 g/mol. The molecule has 1 aromatic carbocycles. The quantitative estimate of drug-likeness (QED) is 0.659. The van der Waals surface area contributed by atoms with Crippen LogP contribution in [0.4, 0.5) is 0 Å². The summed E-state index contributed by atoms with van der Waals surface area (Å²) in [4.78, 5) is 0. The van der Waals surface area contributed by atoms with Crippen molar-refractivity contribution in [3.8, 4) is 0 Å². The molecule has 1 aromatic rings. The average molecular weight is 225 g/mol. The lowest BCUT2D eigenvalue weighted by atomic mass is 9.78. The first kappa shape index (κ1) is 12.6. The van der Waals surface area contributed by atoms with Crippen molar-refractivity contribution < 1.29 is 0 Å². The van der Waals surface area contributed by atoms with Crippen LogP contribution in [0.1, 0.15) is 43.9 Å². The molecule has 0 aliphatic heterocycles. The summed E-state index contributed by atoms with van der Waals surface area (Å²) in [6.07, 6.45) is 1.01. The van der Waals surface area contributed by atoms with Gasteiger partial charge in [-0.15, -0.1) is 11.6 Å². The zero-order valence-corrected chi connectivity index (χ0v) is 11.2. The lowest BCUT2D eigenvalue weighted by Crippen LogP contribution is -2.22. The maximum Gasteiger partial charge on any atom is 0.0316 e. The van der Waals surface area contributed by atoms with Crippen LogP contribution < -0.4 is 0 Å². The molecule has 1 atom stereocenters. The Kier molecular flexibility index (Phi) is 3.83. The number of benzene rings is 1. The van der Waals surface area contributed by atoms with Crippen molar-refractivity contribution in [2.24, 2.45) is 0 Å². The van der Waals surface area contributed by atoms with Crippen molar-refractivity contribution in [2.45, 2.75) is 51.8 Å². The second-order valence-electron chi connectivity index (χ2n) is 5.19. The second-order valence-corrected chi connectivity index (χ2v) is 5.93. The van der Waals surface area contributed by atoms with Gasteiger partial charge in [0.15, 0.2) is 0 Å². The molecule has 1 unspecified atom stereocenters. The molecule has 0 fully saturated rings. The van der Waals surface area contributed by atoms with E-state index in [1.165, 1.54) is 16.7 Å². The van der Waals surface area contributed by atoms with Gasteiger partial charge in [0.2, 0.25) is 0 Å². The number of halogens is 1. The van der Waals surface area contributed by atoms with E-state index in [4.69, 9.17) is 11.6 Å². The molecule has 0 saturated heterocycles. The van der Waals surface area contributed by atoms with Crippen molar-refractivity contribution in [3.63, 3.8) is 0 Å². The molecule has 0 saturated carbocycles. The van der Waals surface area contributed by atoms with Crippen LogP contribution >= 0.6 is 11.6 Å². The Balaban J connectivity index is 3.08. The highest BCUT2D eigenvalue weighted by Crippen LogP contribution is 2.32. The van der Waals surface area contributed by atoms with E-state index < -0.39 is 0 Å². The van der Waals surface area contributed by atoms with Gasteiger partial charge in [-0.2, -0.15) is 0 Å². The highest BCUT2D eigenvalue weighted by Gasteiger charge is 2.24. The third-order valence-electron chi connectivity index (χ3n) is 2.91. The van der Waals surface area contributed by atoms with Crippen LogP contribution in [0, 0.1) is 13.8 Å². The summed E-state index contributed by atoms with van der Waals surface area (Å²) in [7, 11) is 0. The zero-order chi connectivity index (χ0) is 11.6. The van der Waals surface area contributed by atoms with Gasteiger partial charge in [0.05, 0.1) is 0 Å². The second kappa shape index (κ2) is 4.57. The molecule has 1 heteroatoms. The molecule has 1 rings (SSSR count). The van der Waals surface area contributed by atoms with Crippen molar-refractivity contribution in [2.75, 3.05) is 0 Å². The van der Waals surface area contributed by atoms with E-state index in [-0.39, 0.29) is 10.8 Å². The molecular formula is C14H21Cl. The maximum absolute atomic E-state index is 6.10. The van der Waals surface area contributed by atoms with Crippen LogP contribution in [0.15, 0.2) is 18.2 Å². The minimum absolute atomic E-state index is 0.164. The van der Waals surface area contributed by atoms with E-state index in [9.17, 15) is 0 Å². The van der Waals surface area contributed by atoms with Gasteiger partial charge in [-0.05, 0) is 43.7 Å². The summed E-state index contributed by atoms with van der Waals surface area (Å²) in [5.41, 5.74) is 4.28. The molecule has 0 heterocycles. The van der Waals surface area contributed by atoms with E-state index in [0.717, 1.165) is 6.42 Å². The van der Waals surface area contributed by atoms with Gasteiger partial charge >= 0.3 is 0 Å². The molecule has 0 radical (unpaired) electrons. The molecule has 0 aromatic heterocycles. The predicted molar refractivity (Wildman–Crippen MR) is 68.9 cm³/mol. The van der Waals surface area contributed by atoms with E-state index >= 15 is 0 Å². The smallest absolute Gasteiger partial charge is 0.0316 e. The van der Waals surface area contributed by atoms with Gasteiger partial charge in [0.1, 0.15) is 0 Å². The number of hydrogen-bond acceptors (Lipinski definition) is 0. The number of hydrogen-bond donors (Lipinski definition) is 0. The van der Waals surface area contributed by atoms with Crippen LogP contribution in [-0.2, 0) is 5.41 Å². The highest BCUT2D eigenvalue weighted by atomic mass is 35.5. The molecular weight excluding hydrogens is 204 g/mol. The van der Waals surface area contributed by atoms with Crippen LogP contribution in [0.2, 0.25) is 0 Å². The number of alkyl halides is 1. The Morgan fingerprint density at radius 2 is 1.87 bits per heavy atom. The Bertz CT molecular complexity index is 337. The Hall–Kier alpha value is -0.490. The molecule has 0 spiro atoms. The van der Waals surface area contributed by atoms with Crippen LogP contribution in [0.3, 0.4) is 0 Å². The first-order chi connectivity index (χ1) is 6.83. The lowest BCUT2D eigenvalue weighted by molar-refractivity contribution is 0.474. The third-order valence-corrected chi connectivity index (χ3v) is 3.07. The van der Waals surface area contributed by atoms with Gasteiger partial charge in [-0.1, -0.05) is 37.6 Å². The standard InChI is InChI=1S/C14H21Cl/c1-10-6-7-11(2)13(8-10)14(4,5)9-12(3)15/h6-8,12H,9H2,1-5H3. The molecule has 84 valence electrons. The van der Waals surface area contributed by atoms with Gasteiger partial charge in [-0.25, -0.2) is 0 Å². The lowest BCUT2D eigenvalue weighted by Gasteiger charge is -2.28. The molecule has 0 aliphatic rings. The van der Waals surface area contributed by atoms with E-state index in [1.54, 1.807) is 0 Å². The zero-order valence-electron chi connectivity index (χ0n) is 10.4. The first-order valence-corrected chi connectivity index (χ1v) is 5.98. The van der Waals surface area contributed by atoms with Crippen molar-refractivity contribution in [1.82, 2.24) is 0 Å². The fraction of sp³-hybridized carbons (Fsp3) is 0.571. The molecule has 0 bridgehead atoms. The Morgan fingerprint density at radius 3 is 2.40 bits per heavy atom. The van der Waals surface area contributed by atoms with Gasteiger partial charge in [-0.3, -0.25) is 0 Å². The van der Waals surface area contributed by atoms with Crippen molar-refractivity contribution in [1.29, 1.82) is 0 Å². The Morgan fingerprint density at radius 1 is 1.27 bits per heavy atom. The Labute approximate surface area is 98.7 Å². The molecule has 0 aliphatic carbocycles. The summed E-state index contributed by atoms with van der Waals surface area (Å²) in [5, 5.41) is 0.222. The van der Waals surface area contributed by atoms with Crippen molar-refractivity contribution in [3.05, 3.63) is 34.9 Å². The normalized spacial score (nSPS) is 14.0. The SMILES string of the molecule is Cc1ccc(C)c(C(C)(C)CC(C)Cl)c1. The minimum Gasteiger partial charge on any atom is -0.123 e. The van der Waals surface area contributed by atoms with Gasteiger partial charge in [0, 0.05) is 5.38 Å². The molecule has 0 N–H and O–H groups in total. The molecule has 0 nitrogen and oxygen atoms in total. The van der Waals surface area contributed by atoms with Crippen molar-refractivity contribution >= 4 is 11.6 Å². The largest absolute Gasteiger partial charge is 0.123 e. The van der Waals surface area contributed by atoms with Crippen LogP contribution in [0.25, 0.3) is 0 Å². The van der Waals surface area contributed by atoms with E-state index in [0.29, 0.717) is 0 Å². The predicted octanol–water partition coefficient (Wildman–Crippen LogP) is 4.60. The average Bonchev–Trinajstić information content (AvgIpc) is 2.06. The van der Waals surface area contributed by atoms with Crippen LogP contribution in [0.5, 0.6) is 0 Å². The fourth-order valence-corrected chi connectivity index (χ4v) is 2.66. The molecule has 0 amide bonds. The summed E-state index contributed by atoms with van der Waals surface area (Å²) in [6.45, 7) is 10.9. The highest BCUT2D eigenvalue weighted by molar-refractivity contribution is 6.20. The summed E-state index contributed by atoms with van der Waals surface area (Å²) < 4.78 is 0. The number of rotatable bonds is 3. The summed E-state index contributed by atoms with van der Waals surface area (Å²) >= 11 is 6.10. The van der Waals surface area contributed by atoms with Crippen LogP contribution in [-0.4, -0.2) is 5.38 Å². The summed E-state index contributed by atoms with van der Waals surface area (Å²) in [5.74, 6) is 0. The first-order valence-electron chi connectivity index (χ1n) is 5.55. The van der Waals surface area contributed by atoms with E-state index in [1.807, 2.05) is 0 Å². The summed E-state index contributed by atoms with van der Waals surface area (Å²) in [6, 6.07) is 6.65.